The van der Waals surface area contributed by atoms with Gasteiger partial charge >= 0.3 is 12.1 Å². The summed E-state index contributed by atoms with van der Waals surface area (Å²) < 4.78 is 38.6. The molecule has 0 saturated heterocycles. The number of carboxylic acid groups (broad SMARTS) is 1. The molecule has 1 aromatic rings. The van der Waals surface area contributed by atoms with Crippen molar-refractivity contribution in [2.24, 2.45) is 0 Å². The van der Waals surface area contributed by atoms with Crippen LogP contribution < -0.4 is 5.32 Å². The van der Waals surface area contributed by atoms with Gasteiger partial charge in [-0.3, -0.25) is 9.59 Å². The highest BCUT2D eigenvalue weighted by Gasteiger charge is 2.34. The summed E-state index contributed by atoms with van der Waals surface area (Å²) in [4.78, 5) is 21.9. The number of nitrogens with one attached hydrogen (secondary N) is 1. The van der Waals surface area contributed by atoms with E-state index in [0.717, 1.165) is 6.07 Å². The van der Waals surface area contributed by atoms with Crippen molar-refractivity contribution in [1.82, 2.24) is 5.32 Å². The highest BCUT2D eigenvalue weighted by Crippen LogP contribution is 2.34. The first-order valence-electron chi connectivity index (χ1n) is 6.39. The van der Waals surface area contributed by atoms with Crippen LogP contribution in [0.1, 0.15) is 43.4 Å². The molecule has 1 atom stereocenters. The topological polar surface area (TPSA) is 66.4 Å². The minimum atomic E-state index is -4.49. The minimum absolute atomic E-state index is 0.0171. The predicted molar refractivity (Wildman–Crippen MR) is 69.5 cm³/mol. The molecule has 0 unspecified atom stereocenters. The number of benzene rings is 1. The molecule has 0 aliphatic heterocycles. The quantitative estimate of drug-likeness (QED) is 0.848. The number of alkyl halides is 3. The van der Waals surface area contributed by atoms with E-state index < -0.39 is 29.7 Å². The van der Waals surface area contributed by atoms with E-state index in [1.54, 1.807) is 0 Å². The van der Waals surface area contributed by atoms with Crippen LogP contribution in [0.25, 0.3) is 0 Å². The zero-order chi connectivity index (χ0) is 16.0. The second-order valence-corrected chi connectivity index (χ2v) is 4.62. The predicted octanol–water partition coefficient (Wildman–Crippen LogP) is 3.14. The van der Waals surface area contributed by atoms with E-state index in [1.807, 2.05) is 0 Å². The molecule has 21 heavy (non-hydrogen) atoms. The summed E-state index contributed by atoms with van der Waals surface area (Å²) in [6, 6.07) is 4.22. The van der Waals surface area contributed by atoms with Crippen molar-refractivity contribution in [2.45, 2.75) is 38.4 Å². The third-order valence-corrected chi connectivity index (χ3v) is 2.90. The van der Waals surface area contributed by atoms with Gasteiger partial charge in [-0.1, -0.05) is 18.2 Å². The van der Waals surface area contributed by atoms with Gasteiger partial charge in [-0.2, -0.15) is 13.2 Å². The molecule has 0 saturated carbocycles. The van der Waals surface area contributed by atoms with Gasteiger partial charge in [0.1, 0.15) is 0 Å². The lowest BCUT2D eigenvalue weighted by Crippen LogP contribution is -2.28. The van der Waals surface area contributed by atoms with Gasteiger partial charge in [0, 0.05) is 12.8 Å². The Labute approximate surface area is 120 Å². The van der Waals surface area contributed by atoms with E-state index in [0.29, 0.717) is 0 Å². The van der Waals surface area contributed by atoms with Gasteiger partial charge in [-0.25, -0.2) is 0 Å². The molecule has 0 heterocycles. The lowest BCUT2D eigenvalue weighted by molar-refractivity contribution is -0.139. The van der Waals surface area contributed by atoms with E-state index in [4.69, 9.17) is 5.11 Å². The molecule has 0 fully saturated rings. The number of halogens is 3. The monoisotopic (exact) mass is 303 g/mol. The number of aliphatic carboxylic acids is 1. The number of amides is 1. The van der Waals surface area contributed by atoms with Gasteiger partial charge in [0.25, 0.3) is 0 Å². The van der Waals surface area contributed by atoms with E-state index in [2.05, 4.69) is 5.32 Å². The van der Waals surface area contributed by atoms with Crippen LogP contribution in [0.2, 0.25) is 0 Å². The van der Waals surface area contributed by atoms with Crippen molar-refractivity contribution >= 4 is 11.9 Å². The molecule has 0 radical (unpaired) electrons. The van der Waals surface area contributed by atoms with Crippen LogP contribution in [-0.4, -0.2) is 17.0 Å². The van der Waals surface area contributed by atoms with Crippen molar-refractivity contribution in [3.8, 4) is 0 Å². The molecule has 116 valence electrons. The summed E-state index contributed by atoms with van der Waals surface area (Å²) in [5.41, 5.74) is -0.806. The molecule has 4 nitrogen and oxygen atoms in total. The van der Waals surface area contributed by atoms with Crippen LogP contribution in [0.4, 0.5) is 13.2 Å². The Balaban J connectivity index is 2.70. The van der Waals surface area contributed by atoms with Crippen molar-refractivity contribution in [2.75, 3.05) is 0 Å². The van der Waals surface area contributed by atoms with Gasteiger partial charge in [-0.15, -0.1) is 0 Å². The number of carbonyl (C=O) groups excluding carboxylic acids is 1. The fourth-order valence-corrected chi connectivity index (χ4v) is 1.92. The molecule has 1 amide bonds. The number of hydrogen-bond acceptors (Lipinski definition) is 2. The van der Waals surface area contributed by atoms with Crippen LogP contribution in [0.5, 0.6) is 0 Å². The Bertz CT molecular complexity index is 514. The lowest BCUT2D eigenvalue weighted by atomic mass is 10.0. The Morgan fingerprint density at radius 3 is 2.43 bits per heavy atom. The largest absolute Gasteiger partial charge is 0.481 e. The number of carboxylic acids is 1. The first kappa shape index (κ1) is 17.0. The van der Waals surface area contributed by atoms with Crippen LogP contribution in [0.3, 0.4) is 0 Å². The maximum atomic E-state index is 12.9. The van der Waals surface area contributed by atoms with Crippen molar-refractivity contribution in [3.63, 3.8) is 0 Å². The molecule has 0 aliphatic carbocycles. The van der Waals surface area contributed by atoms with Gasteiger partial charge in [0.15, 0.2) is 0 Å². The SMILES string of the molecule is C[C@H](NC(=O)CCCC(=O)O)c1ccccc1C(F)(F)F. The molecule has 0 spiro atoms. The maximum absolute atomic E-state index is 12.9. The average molecular weight is 303 g/mol. The molecule has 1 aromatic carbocycles. The van der Waals surface area contributed by atoms with Crippen molar-refractivity contribution in [1.29, 1.82) is 0 Å². The van der Waals surface area contributed by atoms with E-state index in [-0.39, 0.29) is 24.8 Å². The maximum Gasteiger partial charge on any atom is 0.416 e. The summed E-state index contributed by atoms with van der Waals surface area (Å²) in [6.45, 7) is 1.46. The highest BCUT2D eigenvalue weighted by molar-refractivity contribution is 5.77. The van der Waals surface area contributed by atoms with Crippen molar-refractivity contribution < 1.29 is 27.9 Å². The number of rotatable bonds is 6. The highest BCUT2D eigenvalue weighted by atomic mass is 19.4. The molecular formula is C14H16F3NO3. The van der Waals surface area contributed by atoms with E-state index >= 15 is 0 Å². The number of hydrogen-bond donors (Lipinski definition) is 2. The standard InChI is InChI=1S/C14H16F3NO3/c1-9(18-12(19)7-4-8-13(20)21)10-5-2-3-6-11(10)14(15,16)17/h2-3,5-6,9H,4,7-8H2,1H3,(H,18,19)(H,20,21)/t9-/m0/s1. The minimum Gasteiger partial charge on any atom is -0.481 e. The smallest absolute Gasteiger partial charge is 0.416 e. The van der Waals surface area contributed by atoms with Crippen LogP contribution in [0, 0.1) is 0 Å². The van der Waals surface area contributed by atoms with Gasteiger partial charge in [0.2, 0.25) is 5.91 Å². The van der Waals surface area contributed by atoms with Crippen LogP contribution >= 0.6 is 0 Å². The average Bonchev–Trinajstić information content (AvgIpc) is 2.37. The lowest BCUT2D eigenvalue weighted by Gasteiger charge is -2.19. The Kier molecular flexibility index (Phi) is 5.75. The Hall–Kier alpha value is -2.05. The normalized spacial score (nSPS) is 12.8. The third-order valence-electron chi connectivity index (χ3n) is 2.90. The first-order valence-corrected chi connectivity index (χ1v) is 6.39. The number of carbonyl (C=O) groups is 2. The summed E-state index contributed by atoms with van der Waals surface area (Å²) in [7, 11) is 0. The molecule has 2 N–H and O–H groups in total. The Morgan fingerprint density at radius 1 is 1.24 bits per heavy atom. The van der Waals surface area contributed by atoms with Crippen LogP contribution in [-0.2, 0) is 15.8 Å². The molecule has 0 aromatic heterocycles. The molecular weight excluding hydrogens is 287 g/mol. The third kappa shape index (κ3) is 5.45. The van der Waals surface area contributed by atoms with Crippen LogP contribution in [0.15, 0.2) is 24.3 Å². The fraction of sp³-hybridized carbons (Fsp3) is 0.429. The second kappa shape index (κ2) is 7.10. The zero-order valence-electron chi connectivity index (χ0n) is 11.4. The summed E-state index contributed by atoms with van der Waals surface area (Å²) in [6.07, 6.45) is -4.53. The summed E-state index contributed by atoms with van der Waals surface area (Å²) in [5.74, 6) is -1.49. The van der Waals surface area contributed by atoms with E-state index in [9.17, 15) is 22.8 Å². The van der Waals surface area contributed by atoms with E-state index in [1.165, 1.54) is 25.1 Å². The summed E-state index contributed by atoms with van der Waals surface area (Å²) in [5, 5.41) is 10.9. The first-order chi connectivity index (χ1) is 9.71. The fourth-order valence-electron chi connectivity index (χ4n) is 1.92. The van der Waals surface area contributed by atoms with Crippen molar-refractivity contribution in [3.05, 3.63) is 35.4 Å². The zero-order valence-corrected chi connectivity index (χ0v) is 11.4. The Morgan fingerprint density at radius 2 is 1.86 bits per heavy atom. The van der Waals surface area contributed by atoms with Gasteiger partial charge in [0.05, 0.1) is 11.6 Å². The molecule has 0 aliphatic rings. The van der Waals surface area contributed by atoms with Gasteiger partial charge in [-0.05, 0) is 25.0 Å². The summed E-state index contributed by atoms with van der Waals surface area (Å²) >= 11 is 0. The van der Waals surface area contributed by atoms with Gasteiger partial charge < -0.3 is 10.4 Å². The second-order valence-electron chi connectivity index (χ2n) is 4.62. The molecule has 0 bridgehead atoms. The molecule has 7 heteroatoms. The molecule has 1 rings (SSSR count).